The van der Waals surface area contributed by atoms with Crippen LogP contribution in [0.5, 0.6) is 0 Å². The molecule has 0 saturated carbocycles. The second-order valence-corrected chi connectivity index (χ2v) is 6.03. The van der Waals surface area contributed by atoms with Crippen LogP contribution in [-0.2, 0) is 9.53 Å². The number of ketones is 1. The first-order chi connectivity index (χ1) is 12.7. The van der Waals surface area contributed by atoms with Gasteiger partial charge in [0.05, 0.1) is 4.92 Å². The zero-order valence-electron chi connectivity index (χ0n) is 14.4. The summed E-state index contributed by atoms with van der Waals surface area (Å²) < 4.78 is 5.01. The summed E-state index contributed by atoms with van der Waals surface area (Å²) in [6.07, 6.45) is -1.22. The third-order valence-corrected chi connectivity index (χ3v) is 3.82. The molecule has 9 heteroatoms. The minimum absolute atomic E-state index is 0.113. The second-order valence-electron chi connectivity index (χ2n) is 5.59. The van der Waals surface area contributed by atoms with Crippen molar-refractivity contribution in [2.75, 3.05) is 5.32 Å². The minimum atomic E-state index is -1.22. The monoisotopic (exact) mass is 390 g/mol. The molecule has 0 unspecified atom stereocenters. The topological polar surface area (TPSA) is 116 Å². The van der Waals surface area contributed by atoms with Crippen LogP contribution in [0.4, 0.5) is 11.4 Å². The molecular weight excluding hydrogens is 376 g/mol. The van der Waals surface area contributed by atoms with Crippen molar-refractivity contribution >= 4 is 40.6 Å². The summed E-state index contributed by atoms with van der Waals surface area (Å²) in [6.45, 7) is 2.75. The van der Waals surface area contributed by atoms with E-state index in [-0.39, 0.29) is 16.4 Å². The molecule has 0 heterocycles. The maximum atomic E-state index is 12.2. The Morgan fingerprint density at radius 3 is 2.33 bits per heavy atom. The molecule has 1 atom stereocenters. The Morgan fingerprint density at radius 2 is 1.78 bits per heavy atom. The third-order valence-electron chi connectivity index (χ3n) is 3.59. The van der Waals surface area contributed by atoms with Crippen LogP contribution in [0.25, 0.3) is 0 Å². The summed E-state index contributed by atoms with van der Waals surface area (Å²) in [6, 6.07) is 9.62. The number of ether oxygens (including phenoxy) is 1. The predicted octanol–water partition coefficient (Wildman–Crippen LogP) is 3.63. The van der Waals surface area contributed by atoms with Gasteiger partial charge in [-0.1, -0.05) is 11.6 Å². The smallest absolute Gasteiger partial charge is 0.345 e. The molecule has 0 spiro atoms. The first-order valence-corrected chi connectivity index (χ1v) is 8.13. The Bertz CT molecular complexity index is 911. The van der Waals surface area contributed by atoms with E-state index in [0.717, 1.165) is 12.1 Å². The lowest BCUT2D eigenvalue weighted by molar-refractivity contribution is -0.385. The molecule has 2 aromatic carbocycles. The summed E-state index contributed by atoms with van der Waals surface area (Å²) in [5, 5.41) is 13.7. The van der Waals surface area contributed by atoms with E-state index in [4.69, 9.17) is 16.3 Å². The number of esters is 1. The van der Waals surface area contributed by atoms with Crippen molar-refractivity contribution in [2.45, 2.75) is 20.0 Å². The largest absolute Gasteiger partial charge is 0.449 e. The van der Waals surface area contributed by atoms with Crippen LogP contribution in [0.2, 0.25) is 5.02 Å². The van der Waals surface area contributed by atoms with Crippen LogP contribution in [0.3, 0.4) is 0 Å². The van der Waals surface area contributed by atoms with Gasteiger partial charge < -0.3 is 10.1 Å². The van der Waals surface area contributed by atoms with Gasteiger partial charge in [-0.25, -0.2) is 4.79 Å². The fraction of sp³-hybridized carbons (Fsp3) is 0.167. The number of carbonyl (C=O) groups excluding carboxylic acids is 3. The third kappa shape index (κ3) is 5.11. The number of anilines is 1. The van der Waals surface area contributed by atoms with Gasteiger partial charge in [-0.15, -0.1) is 0 Å². The number of nitrogens with zero attached hydrogens (tertiary/aromatic N) is 1. The van der Waals surface area contributed by atoms with E-state index in [9.17, 15) is 24.5 Å². The van der Waals surface area contributed by atoms with Gasteiger partial charge in [0.2, 0.25) is 0 Å². The molecule has 0 bridgehead atoms. The lowest BCUT2D eigenvalue weighted by Crippen LogP contribution is -2.30. The number of halogens is 1. The average molecular weight is 391 g/mol. The van der Waals surface area contributed by atoms with Crippen LogP contribution < -0.4 is 5.32 Å². The molecule has 0 fully saturated rings. The molecule has 0 aliphatic rings. The number of nitro groups is 1. The van der Waals surface area contributed by atoms with Gasteiger partial charge in [0.15, 0.2) is 11.9 Å². The Morgan fingerprint density at radius 1 is 1.15 bits per heavy atom. The number of amides is 1. The maximum Gasteiger partial charge on any atom is 0.345 e. The number of nitrogens with one attached hydrogen (secondary N) is 1. The molecule has 2 aromatic rings. The molecule has 0 saturated heterocycles. The van der Waals surface area contributed by atoms with Crippen molar-refractivity contribution < 1.29 is 24.0 Å². The number of rotatable bonds is 6. The quantitative estimate of drug-likeness (QED) is 0.348. The number of benzene rings is 2. The molecule has 1 N–H and O–H groups in total. The lowest BCUT2D eigenvalue weighted by Gasteiger charge is -2.14. The van der Waals surface area contributed by atoms with Crippen molar-refractivity contribution in [3.8, 4) is 0 Å². The molecule has 2 rings (SSSR count). The zero-order chi connectivity index (χ0) is 20.1. The van der Waals surface area contributed by atoms with Crippen molar-refractivity contribution in [3.63, 3.8) is 0 Å². The first kappa shape index (κ1) is 20.1. The highest BCUT2D eigenvalue weighted by Gasteiger charge is 2.25. The normalized spacial score (nSPS) is 11.4. The summed E-state index contributed by atoms with van der Waals surface area (Å²) in [4.78, 5) is 45.9. The number of hydrogen-bond donors (Lipinski definition) is 1. The molecule has 0 aliphatic heterocycles. The Balaban J connectivity index is 2.08. The molecule has 27 heavy (non-hydrogen) atoms. The van der Waals surface area contributed by atoms with Crippen molar-refractivity contribution in [2.24, 2.45) is 0 Å². The Kier molecular flexibility index (Phi) is 6.25. The van der Waals surface area contributed by atoms with E-state index in [0.29, 0.717) is 11.3 Å². The SMILES string of the molecule is CC(=O)c1ccc(NC(=O)[C@@H](C)OC(=O)c2cc(Cl)ccc2[N+](=O)[O-])cc1. The molecule has 0 radical (unpaired) electrons. The standard InChI is InChI=1S/C18H15ClN2O6/c1-10(22)12-3-6-14(7-4-12)20-17(23)11(2)27-18(24)15-9-13(19)5-8-16(15)21(25)26/h3-9,11H,1-2H3,(H,20,23)/t11-/m1/s1. The highest BCUT2D eigenvalue weighted by Crippen LogP contribution is 2.24. The van der Waals surface area contributed by atoms with E-state index in [1.54, 1.807) is 12.1 Å². The minimum Gasteiger partial charge on any atom is -0.449 e. The van der Waals surface area contributed by atoms with Crippen LogP contribution in [0.15, 0.2) is 42.5 Å². The number of hydrogen-bond acceptors (Lipinski definition) is 6. The van der Waals surface area contributed by atoms with Gasteiger partial charge in [-0.3, -0.25) is 19.7 Å². The highest BCUT2D eigenvalue weighted by molar-refractivity contribution is 6.31. The van der Waals surface area contributed by atoms with Crippen LogP contribution >= 0.6 is 11.6 Å². The van der Waals surface area contributed by atoms with E-state index in [1.165, 1.54) is 32.0 Å². The van der Waals surface area contributed by atoms with Gasteiger partial charge in [0, 0.05) is 22.3 Å². The summed E-state index contributed by atoms with van der Waals surface area (Å²) in [5.41, 5.74) is 0.0668. The molecule has 140 valence electrons. The van der Waals surface area contributed by atoms with Crippen LogP contribution in [0, 0.1) is 10.1 Å². The van der Waals surface area contributed by atoms with E-state index < -0.39 is 28.6 Å². The molecular formula is C18H15ClN2O6. The van der Waals surface area contributed by atoms with Crippen molar-refractivity contribution in [1.29, 1.82) is 0 Å². The van der Waals surface area contributed by atoms with Gasteiger partial charge >= 0.3 is 5.97 Å². The summed E-state index contributed by atoms with van der Waals surface area (Å²) in [5.74, 6) is -1.79. The van der Waals surface area contributed by atoms with Crippen LogP contribution in [-0.4, -0.2) is 28.7 Å². The summed E-state index contributed by atoms with van der Waals surface area (Å²) in [7, 11) is 0. The van der Waals surface area contributed by atoms with Gasteiger partial charge in [-0.2, -0.15) is 0 Å². The molecule has 0 aliphatic carbocycles. The molecule has 1 amide bonds. The Hall–Kier alpha value is -3.26. The second kappa shape index (κ2) is 8.41. The van der Waals surface area contributed by atoms with Gasteiger partial charge in [-0.05, 0) is 50.2 Å². The highest BCUT2D eigenvalue weighted by atomic mass is 35.5. The van der Waals surface area contributed by atoms with Crippen LogP contribution in [0.1, 0.15) is 34.6 Å². The lowest BCUT2D eigenvalue weighted by atomic mass is 10.1. The fourth-order valence-corrected chi connectivity index (χ4v) is 2.31. The first-order valence-electron chi connectivity index (χ1n) is 7.76. The Labute approximate surface area is 159 Å². The van der Waals surface area contributed by atoms with E-state index in [2.05, 4.69) is 5.32 Å². The summed E-state index contributed by atoms with van der Waals surface area (Å²) >= 11 is 5.77. The van der Waals surface area contributed by atoms with Crippen molar-refractivity contribution in [3.05, 3.63) is 68.7 Å². The molecule has 0 aromatic heterocycles. The van der Waals surface area contributed by atoms with Gasteiger partial charge in [0.25, 0.3) is 11.6 Å². The number of carbonyl (C=O) groups is 3. The van der Waals surface area contributed by atoms with E-state index in [1.807, 2.05) is 0 Å². The predicted molar refractivity (Wildman–Crippen MR) is 98.1 cm³/mol. The number of nitro benzene ring substituents is 1. The zero-order valence-corrected chi connectivity index (χ0v) is 15.1. The molecule has 8 nitrogen and oxygen atoms in total. The van der Waals surface area contributed by atoms with Crippen molar-refractivity contribution in [1.82, 2.24) is 0 Å². The van der Waals surface area contributed by atoms with E-state index >= 15 is 0 Å². The average Bonchev–Trinajstić information content (AvgIpc) is 2.61. The number of Topliss-reactive ketones (excluding diaryl/α,β-unsaturated/α-hetero) is 1. The maximum absolute atomic E-state index is 12.2. The fourth-order valence-electron chi connectivity index (χ4n) is 2.14. The van der Waals surface area contributed by atoms with Gasteiger partial charge in [0.1, 0.15) is 5.56 Å².